The zero-order chi connectivity index (χ0) is 8.97. The summed E-state index contributed by atoms with van der Waals surface area (Å²) in [6.07, 6.45) is 0. The first kappa shape index (κ1) is 9.44. The molecule has 0 bridgehead atoms. The molecule has 1 amide bonds. The molecule has 0 aromatic heterocycles. The number of hydrogen-bond donors (Lipinski definition) is 2. The standard InChI is InChI=1S/C7H15N3O2/c1-6(7(11)9-8)10-2-4-12-5-3-10/h6H,2-5,8H2,1H3,(H,9,11). The fourth-order valence-corrected chi connectivity index (χ4v) is 1.25. The summed E-state index contributed by atoms with van der Waals surface area (Å²) in [4.78, 5) is 13.1. The number of nitrogens with two attached hydrogens (primary N) is 1. The summed E-state index contributed by atoms with van der Waals surface area (Å²) in [5.74, 6) is 4.88. The van der Waals surface area contributed by atoms with E-state index in [1.165, 1.54) is 0 Å². The Bertz CT molecular complexity index is 157. The average molecular weight is 173 g/mol. The lowest BCUT2D eigenvalue weighted by Gasteiger charge is -2.30. The maximum atomic E-state index is 11.1. The van der Waals surface area contributed by atoms with Gasteiger partial charge in [-0.2, -0.15) is 0 Å². The number of ether oxygens (including phenoxy) is 1. The van der Waals surface area contributed by atoms with Gasteiger partial charge < -0.3 is 4.74 Å². The molecule has 1 atom stereocenters. The zero-order valence-electron chi connectivity index (χ0n) is 7.25. The highest BCUT2D eigenvalue weighted by molar-refractivity contribution is 5.80. The van der Waals surface area contributed by atoms with E-state index in [0.717, 1.165) is 13.1 Å². The molecule has 0 aliphatic carbocycles. The largest absolute Gasteiger partial charge is 0.379 e. The highest BCUT2D eigenvalue weighted by Gasteiger charge is 2.21. The van der Waals surface area contributed by atoms with Crippen LogP contribution in [0.4, 0.5) is 0 Å². The monoisotopic (exact) mass is 173 g/mol. The summed E-state index contributed by atoms with van der Waals surface area (Å²) in [7, 11) is 0. The van der Waals surface area contributed by atoms with E-state index in [2.05, 4.69) is 5.43 Å². The minimum Gasteiger partial charge on any atom is -0.379 e. The fourth-order valence-electron chi connectivity index (χ4n) is 1.25. The van der Waals surface area contributed by atoms with Gasteiger partial charge in [0.1, 0.15) is 0 Å². The molecule has 0 aromatic carbocycles. The zero-order valence-corrected chi connectivity index (χ0v) is 7.25. The molecule has 1 fully saturated rings. The highest BCUT2D eigenvalue weighted by atomic mass is 16.5. The maximum absolute atomic E-state index is 11.1. The molecule has 70 valence electrons. The summed E-state index contributed by atoms with van der Waals surface area (Å²) in [5.41, 5.74) is 2.14. The van der Waals surface area contributed by atoms with Crippen molar-refractivity contribution < 1.29 is 9.53 Å². The number of nitrogens with one attached hydrogen (secondary N) is 1. The van der Waals surface area contributed by atoms with Crippen LogP contribution in [0, 0.1) is 0 Å². The van der Waals surface area contributed by atoms with Gasteiger partial charge in [-0.05, 0) is 6.92 Å². The van der Waals surface area contributed by atoms with E-state index in [1.54, 1.807) is 0 Å². The van der Waals surface area contributed by atoms with Crippen LogP contribution in [-0.2, 0) is 9.53 Å². The smallest absolute Gasteiger partial charge is 0.250 e. The Morgan fingerprint density at radius 3 is 2.67 bits per heavy atom. The van der Waals surface area contributed by atoms with Crippen molar-refractivity contribution in [1.82, 2.24) is 10.3 Å². The van der Waals surface area contributed by atoms with Gasteiger partial charge in [0.15, 0.2) is 0 Å². The van der Waals surface area contributed by atoms with Crippen molar-refractivity contribution in [3.63, 3.8) is 0 Å². The normalized spacial score (nSPS) is 21.8. The van der Waals surface area contributed by atoms with E-state index in [9.17, 15) is 4.79 Å². The highest BCUT2D eigenvalue weighted by Crippen LogP contribution is 2.02. The van der Waals surface area contributed by atoms with Gasteiger partial charge in [0.25, 0.3) is 5.91 Å². The number of amides is 1. The molecule has 1 heterocycles. The van der Waals surface area contributed by atoms with Gasteiger partial charge in [0.05, 0.1) is 19.3 Å². The molecule has 0 aromatic rings. The summed E-state index contributed by atoms with van der Waals surface area (Å²) >= 11 is 0. The second-order valence-electron chi connectivity index (χ2n) is 2.83. The first-order chi connectivity index (χ1) is 5.75. The minimum absolute atomic E-state index is 0.142. The SMILES string of the molecule is CC(C(=O)NN)N1CCOCC1. The molecule has 0 spiro atoms. The number of morpholine rings is 1. The van der Waals surface area contributed by atoms with E-state index < -0.39 is 0 Å². The third-order valence-corrected chi connectivity index (χ3v) is 2.12. The Morgan fingerprint density at radius 2 is 2.17 bits per heavy atom. The number of hydrogen-bond acceptors (Lipinski definition) is 4. The summed E-state index contributed by atoms with van der Waals surface area (Å²) < 4.78 is 5.16. The van der Waals surface area contributed by atoms with E-state index >= 15 is 0 Å². The first-order valence-electron chi connectivity index (χ1n) is 4.08. The Hall–Kier alpha value is -0.650. The Kier molecular flexibility index (Phi) is 3.46. The average Bonchev–Trinajstić information content (AvgIpc) is 2.17. The van der Waals surface area contributed by atoms with Crippen molar-refractivity contribution in [3.8, 4) is 0 Å². The van der Waals surface area contributed by atoms with Crippen LogP contribution >= 0.6 is 0 Å². The Labute approximate surface area is 71.8 Å². The van der Waals surface area contributed by atoms with Crippen LogP contribution in [0.5, 0.6) is 0 Å². The lowest BCUT2D eigenvalue weighted by molar-refractivity contribution is -0.127. The van der Waals surface area contributed by atoms with E-state index in [0.29, 0.717) is 13.2 Å². The predicted molar refractivity (Wildman–Crippen MR) is 44.2 cm³/mol. The van der Waals surface area contributed by atoms with Crippen LogP contribution in [0.3, 0.4) is 0 Å². The molecule has 1 aliphatic rings. The van der Waals surface area contributed by atoms with Crippen LogP contribution in [0.15, 0.2) is 0 Å². The molecule has 1 unspecified atom stereocenters. The second kappa shape index (κ2) is 4.39. The topological polar surface area (TPSA) is 67.6 Å². The van der Waals surface area contributed by atoms with Gasteiger partial charge in [-0.1, -0.05) is 0 Å². The first-order valence-corrected chi connectivity index (χ1v) is 4.08. The lowest BCUT2D eigenvalue weighted by atomic mass is 10.2. The molecule has 1 rings (SSSR count). The van der Waals surface area contributed by atoms with Crippen LogP contribution in [0.1, 0.15) is 6.92 Å². The molecule has 5 heteroatoms. The van der Waals surface area contributed by atoms with Crippen molar-refractivity contribution in [2.24, 2.45) is 5.84 Å². The second-order valence-corrected chi connectivity index (χ2v) is 2.83. The minimum atomic E-state index is -0.154. The quantitative estimate of drug-likeness (QED) is 0.309. The van der Waals surface area contributed by atoms with Gasteiger partial charge in [-0.15, -0.1) is 0 Å². The lowest BCUT2D eigenvalue weighted by Crippen LogP contribution is -2.51. The number of carbonyl (C=O) groups is 1. The van der Waals surface area contributed by atoms with Crippen molar-refractivity contribution in [2.75, 3.05) is 26.3 Å². The molecular formula is C7H15N3O2. The number of carbonyl (C=O) groups excluding carboxylic acids is 1. The van der Waals surface area contributed by atoms with Gasteiger partial charge in [0, 0.05) is 13.1 Å². The molecule has 1 aliphatic heterocycles. The Morgan fingerprint density at radius 1 is 1.58 bits per heavy atom. The van der Waals surface area contributed by atoms with E-state index in [4.69, 9.17) is 10.6 Å². The summed E-state index contributed by atoms with van der Waals surface area (Å²) in [5, 5.41) is 0. The van der Waals surface area contributed by atoms with Gasteiger partial charge in [0.2, 0.25) is 0 Å². The molecule has 3 N–H and O–H groups in total. The van der Waals surface area contributed by atoms with Crippen LogP contribution < -0.4 is 11.3 Å². The number of nitrogens with zero attached hydrogens (tertiary/aromatic N) is 1. The third-order valence-electron chi connectivity index (χ3n) is 2.12. The fraction of sp³-hybridized carbons (Fsp3) is 0.857. The van der Waals surface area contributed by atoms with Gasteiger partial charge in [-0.25, -0.2) is 5.84 Å². The number of hydrazine groups is 1. The molecule has 0 radical (unpaired) electrons. The third kappa shape index (κ3) is 2.17. The van der Waals surface area contributed by atoms with Gasteiger partial charge >= 0.3 is 0 Å². The van der Waals surface area contributed by atoms with Crippen molar-refractivity contribution in [1.29, 1.82) is 0 Å². The van der Waals surface area contributed by atoms with Crippen LogP contribution in [-0.4, -0.2) is 43.2 Å². The predicted octanol–water partition coefficient (Wildman–Crippen LogP) is -1.30. The molecule has 5 nitrogen and oxygen atoms in total. The molecule has 1 saturated heterocycles. The van der Waals surface area contributed by atoms with Gasteiger partial charge in [-0.3, -0.25) is 15.1 Å². The maximum Gasteiger partial charge on any atom is 0.250 e. The molecular weight excluding hydrogens is 158 g/mol. The van der Waals surface area contributed by atoms with E-state index in [1.807, 2.05) is 11.8 Å². The summed E-state index contributed by atoms with van der Waals surface area (Å²) in [6, 6.07) is -0.154. The van der Waals surface area contributed by atoms with E-state index in [-0.39, 0.29) is 11.9 Å². The van der Waals surface area contributed by atoms with Crippen LogP contribution in [0.25, 0.3) is 0 Å². The molecule has 0 saturated carbocycles. The van der Waals surface area contributed by atoms with Crippen molar-refractivity contribution >= 4 is 5.91 Å². The summed E-state index contributed by atoms with van der Waals surface area (Å²) in [6.45, 7) is 4.83. The van der Waals surface area contributed by atoms with Crippen molar-refractivity contribution in [2.45, 2.75) is 13.0 Å². The molecule has 12 heavy (non-hydrogen) atoms. The Balaban J connectivity index is 2.39. The number of rotatable bonds is 2. The van der Waals surface area contributed by atoms with Crippen LogP contribution in [0.2, 0.25) is 0 Å². The van der Waals surface area contributed by atoms with Crippen molar-refractivity contribution in [3.05, 3.63) is 0 Å².